The van der Waals surface area contributed by atoms with Gasteiger partial charge >= 0.3 is 0 Å². The van der Waals surface area contributed by atoms with E-state index in [9.17, 15) is 4.79 Å². The Morgan fingerprint density at radius 3 is 3.12 bits per heavy atom. The summed E-state index contributed by atoms with van der Waals surface area (Å²) < 4.78 is 0. The van der Waals surface area contributed by atoms with E-state index in [2.05, 4.69) is 16.4 Å². The van der Waals surface area contributed by atoms with Crippen LogP contribution in [0.2, 0.25) is 0 Å². The van der Waals surface area contributed by atoms with Crippen molar-refractivity contribution in [3.05, 3.63) is 24.4 Å². The van der Waals surface area contributed by atoms with E-state index in [0.717, 1.165) is 25.2 Å². The largest absolute Gasteiger partial charge is 0.368 e. The van der Waals surface area contributed by atoms with Crippen LogP contribution in [0.3, 0.4) is 0 Å². The normalized spacial score (nSPS) is 24.6. The lowest BCUT2D eigenvalue weighted by atomic mass is 9.96. The summed E-state index contributed by atoms with van der Waals surface area (Å²) >= 11 is 0. The summed E-state index contributed by atoms with van der Waals surface area (Å²) in [6.45, 7) is 0.788. The van der Waals surface area contributed by atoms with E-state index in [1.807, 2.05) is 18.0 Å². The van der Waals surface area contributed by atoms with Crippen molar-refractivity contribution in [1.82, 2.24) is 10.3 Å². The number of aromatic nitrogens is 1. The van der Waals surface area contributed by atoms with E-state index in [0.29, 0.717) is 6.04 Å². The number of nitrogens with two attached hydrogens (primary N) is 1. The number of nitrogens with one attached hydrogen (secondary N) is 1. The standard InChI is InChI=1S/C12H17N4O/c1-14-9-5-7-16(10(8-9)12(13)17)11-4-2-3-6-15-11/h2,4,6,9-10,14H,5,7-8H2,1H3,(H2,13,17). The molecule has 2 atom stereocenters. The Morgan fingerprint density at radius 2 is 2.53 bits per heavy atom. The number of anilines is 1. The molecule has 0 saturated carbocycles. The minimum absolute atomic E-state index is 0.281. The molecule has 0 spiro atoms. The topological polar surface area (TPSA) is 71.2 Å². The number of nitrogens with zero attached hydrogens (tertiary/aromatic N) is 2. The summed E-state index contributed by atoms with van der Waals surface area (Å²) in [7, 11) is 1.91. The maximum absolute atomic E-state index is 11.5. The molecule has 1 radical (unpaired) electrons. The summed E-state index contributed by atoms with van der Waals surface area (Å²) in [5, 5.41) is 3.20. The predicted molar refractivity (Wildman–Crippen MR) is 65.5 cm³/mol. The minimum Gasteiger partial charge on any atom is -0.368 e. The third-order valence-corrected chi connectivity index (χ3v) is 3.23. The van der Waals surface area contributed by atoms with Crippen molar-refractivity contribution in [2.24, 2.45) is 5.73 Å². The van der Waals surface area contributed by atoms with Crippen LogP contribution in [0, 0.1) is 6.07 Å². The van der Waals surface area contributed by atoms with Crippen LogP contribution in [0.4, 0.5) is 5.82 Å². The van der Waals surface area contributed by atoms with E-state index in [1.54, 1.807) is 12.3 Å². The van der Waals surface area contributed by atoms with Crippen molar-refractivity contribution >= 4 is 11.7 Å². The second kappa shape index (κ2) is 5.14. The quantitative estimate of drug-likeness (QED) is 0.766. The number of rotatable bonds is 3. The van der Waals surface area contributed by atoms with Crippen LogP contribution in [-0.2, 0) is 4.79 Å². The molecule has 91 valence electrons. The fourth-order valence-corrected chi connectivity index (χ4v) is 2.25. The zero-order valence-corrected chi connectivity index (χ0v) is 9.89. The highest BCUT2D eigenvalue weighted by Crippen LogP contribution is 2.22. The maximum atomic E-state index is 11.5. The molecule has 2 rings (SSSR count). The number of amides is 1. The average Bonchev–Trinajstić information content (AvgIpc) is 2.39. The van der Waals surface area contributed by atoms with Crippen molar-refractivity contribution in [2.45, 2.75) is 24.9 Å². The Balaban J connectivity index is 2.19. The Kier molecular flexibility index (Phi) is 3.58. The molecule has 5 nitrogen and oxygen atoms in total. The SMILES string of the molecule is CNC1CCN(c2cc[c]cn2)C(C(N)=O)C1. The number of primary amides is 1. The second-order valence-electron chi connectivity index (χ2n) is 4.24. The third kappa shape index (κ3) is 2.55. The highest BCUT2D eigenvalue weighted by Gasteiger charge is 2.32. The van der Waals surface area contributed by atoms with Gasteiger partial charge in [-0.3, -0.25) is 4.79 Å². The fraction of sp³-hybridized carbons (Fsp3) is 0.500. The number of hydrogen-bond donors (Lipinski definition) is 2. The number of pyridine rings is 1. The molecule has 3 N–H and O–H groups in total. The Bertz CT molecular complexity index is 381. The first kappa shape index (κ1) is 11.9. The van der Waals surface area contributed by atoms with E-state index in [-0.39, 0.29) is 11.9 Å². The number of carbonyl (C=O) groups is 1. The molecule has 1 aliphatic rings. The van der Waals surface area contributed by atoms with Gasteiger partial charge in [-0.1, -0.05) is 0 Å². The lowest BCUT2D eigenvalue weighted by Crippen LogP contribution is -2.54. The van der Waals surface area contributed by atoms with Gasteiger partial charge in [-0.15, -0.1) is 0 Å². The van der Waals surface area contributed by atoms with Crippen molar-refractivity contribution in [3.8, 4) is 0 Å². The first-order valence-electron chi connectivity index (χ1n) is 5.77. The summed E-state index contributed by atoms with van der Waals surface area (Å²) in [6.07, 6.45) is 3.32. The molecule has 1 saturated heterocycles. The van der Waals surface area contributed by atoms with Crippen molar-refractivity contribution in [2.75, 3.05) is 18.5 Å². The molecule has 2 heterocycles. The molecule has 1 aliphatic heterocycles. The van der Waals surface area contributed by atoms with E-state index < -0.39 is 0 Å². The highest BCUT2D eigenvalue weighted by atomic mass is 16.1. The summed E-state index contributed by atoms with van der Waals surface area (Å²) in [5.74, 6) is 0.502. The smallest absolute Gasteiger partial charge is 0.240 e. The molecular weight excluding hydrogens is 216 g/mol. The second-order valence-corrected chi connectivity index (χ2v) is 4.24. The Hall–Kier alpha value is -1.62. The van der Waals surface area contributed by atoms with E-state index in [4.69, 9.17) is 5.73 Å². The predicted octanol–water partition coefficient (Wildman–Crippen LogP) is -0.0761. The van der Waals surface area contributed by atoms with Crippen LogP contribution in [0.25, 0.3) is 0 Å². The zero-order chi connectivity index (χ0) is 12.3. The van der Waals surface area contributed by atoms with Gasteiger partial charge < -0.3 is 16.0 Å². The van der Waals surface area contributed by atoms with Crippen molar-refractivity contribution in [1.29, 1.82) is 0 Å². The monoisotopic (exact) mass is 233 g/mol. The van der Waals surface area contributed by atoms with Gasteiger partial charge in [0.25, 0.3) is 0 Å². The molecular formula is C12H17N4O. The Morgan fingerprint density at radius 1 is 1.71 bits per heavy atom. The van der Waals surface area contributed by atoms with E-state index in [1.165, 1.54) is 0 Å². The van der Waals surface area contributed by atoms with Gasteiger partial charge in [0.1, 0.15) is 11.9 Å². The number of piperidine rings is 1. The number of carbonyl (C=O) groups excluding carboxylic acids is 1. The van der Waals surface area contributed by atoms with Gasteiger partial charge in [0.15, 0.2) is 0 Å². The lowest BCUT2D eigenvalue weighted by Gasteiger charge is -2.38. The first-order chi connectivity index (χ1) is 8.22. The highest BCUT2D eigenvalue weighted by molar-refractivity contribution is 5.83. The van der Waals surface area contributed by atoms with Gasteiger partial charge in [-0.25, -0.2) is 4.98 Å². The molecule has 5 heteroatoms. The van der Waals surface area contributed by atoms with Crippen LogP contribution in [0.15, 0.2) is 18.3 Å². The van der Waals surface area contributed by atoms with Gasteiger partial charge in [-0.05, 0) is 32.0 Å². The third-order valence-electron chi connectivity index (χ3n) is 3.23. The molecule has 0 bridgehead atoms. The molecule has 1 aromatic heterocycles. The zero-order valence-electron chi connectivity index (χ0n) is 9.89. The van der Waals surface area contributed by atoms with Gasteiger partial charge in [0, 0.05) is 24.8 Å². The molecule has 1 amide bonds. The molecule has 0 aliphatic carbocycles. The van der Waals surface area contributed by atoms with Crippen LogP contribution in [0.5, 0.6) is 0 Å². The van der Waals surface area contributed by atoms with Crippen LogP contribution >= 0.6 is 0 Å². The average molecular weight is 233 g/mol. The molecule has 1 fully saturated rings. The van der Waals surface area contributed by atoms with Gasteiger partial charge in [-0.2, -0.15) is 0 Å². The summed E-state index contributed by atoms with van der Waals surface area (Å²) in [4.78, 5) is 17.7. The number of hydrogen-bond acceptors (Lipinski definition) is 4. The van der Waals surface area contributed by atoms with Gasteiger partial charge in [0.2, 0.25) is 5.91 Å². The van der Waals surface area contributed by atoms with Gasteiger partial charge in [0.05, 0.1) is 0 Å². The molecule has 1 aromatic rings. The van der Waals surface area contributed by atoms with Crippen molar-refractivity contribution in [3.63, 3.8) is 0 Å². The lowest BCUT2D eigenvalue weighted by molar-refractivity contribution is -0.119. The minimum atomic E-state index is -0.292. The molecule has 17 heavy (non-hydrogen) atoms. The Labute approximate surface area is 101 Å². The van der Waals surface area contributed by atoms with Crippen LogP contribution < -0.4 is 16.0 Å². The molecule has 2 unspecified atom stereocenters. The fourth-order valence-electron chi connectivity index (χ4n) is 2.25. The molecule has 0 aromatic carbocycles. The maximum Gasteiger partial charge on any atom is 0.240 e. The first-order valence-corrected chi connectivity index (χ1v) is 5.77. The van der Waals surface area contributed by atoms with Crippen LogP contribution in [0.1, 0.15) is 12.8 Å². The van der Waals surface area contributed by atoms with Crippen LogP contribution in [-0.4, -0.2) is 36.6 Å². The summed E-state index contributed by atoms with van der Waals surface area (Å²) in [5.41, 5.74) is 5.47. The summed E-state index contributed by atoms with van der Waals surface area (Å²) in [6, 6.07) is 6.59. The van der Waals surface area contributed by atoms with Crippen molar-refractivity contribution < 1.29 is 4.79 Å². The van der Waals surface area contributed by atoms with E-state index >= 15 is 0 Å².